The monoisotopic (exact) mass is 305 g/mol. The van der Waals surface area contributed by atoms with Gasteiger partial charge in [0.05, 0.1) is 7.11 Å². The average molecular weight is 306 g/mol. The SMILES string of the molecule is COc1ccc(Cl)cc1-n1nnc(C=O)c1C(F)(F)F. The van der Waals surface area contributed by atoms with Crippen molar-refractivity contribution in [3.63, 3.8) is 0 Å². The molecule has 0 amide bonds. The predicted molar refractivity (Wildman–Crippen MR) is 63.3 cm³/mol. The van der Waals surface area contributed by atoms with Crippen LogP contribution in [0, 0.1) is 0 Å². The average Bonchev–Trinajstić information content (AvgIpc) is 2.82. The molecule has 0 aliphatic heterocycles. The first kappa shape index (κ1) is 14.3. The fraction of sp³-hybridized carbons (Fsp3) is 0.182. The first-order valence-corrected chi connectivity index (χ1v) is 5.58. The summed E-state index contributed by atoms with van der Waals surface area (Å²) in [6, 6.07) is 4.08. The highest BCUT2D eigenvalue weighted by Gasteiger charge is 2.40. The van der Waals surface area contributed by atoms with E-state index in [1.807, 2.05) is 0 Å². The lowest BCUT2D eigenvalue weighted by Gasteiger charge is -2.13. The highest BCUT2D eigenvalue weighted by atomic mass is 35.5. The molecular formula is C11H7ClF3N3O2. The van der Waals surface area contributed by atoms with Gasteiger partial charge in [0.2, 0.25) is 0 Å². The number of alkyl halides is 3. The summed E-state index contributed by atoms with van der Waals surface area (Å²) in [6.07, 6.45) is -4.81. The molecule has 1 aromatic carbocycles. The van der Waals surface area contributed by atoms with Crippen LogP contribution < -0.4 is 4.74 Å². The summed E-state index contributed by atoms with van der Waals surface area (Å²) in [4.78, 5) is 10.7. The number of hydrogen-bond donors (Lipinski definition) is 0. The summed E-state index contributed by atoms with van der Waals surface area (Å²) in [5.41, 5.74) is -2.15. The number of aldehydes is 1. The number of halogens is 4. The third kappa shape index (κ3) is 2.46. The molecule has 0 saturated heterocycles. The van der Waals surface area contributed by atoms with Crippen LogP contribution in [0.5, 0.6) is 5.75 Å². The van der Waals surface area contributed by atoms with Crippen molar-refractivity contribution >= 4 is 17.9 Å². The zero-order valence-corrected chi connectivity index (χ0v) is 10.7. The van der Waals surface area contributed by atoms with Gasteiger partial charge in [-0.3, -0.25) is 4.79 Å². The topological polar surface area (TPSA) is 57.0 Å². The number of ether oxygens (including phenoxy) is 1. The molecule has 0 bridgehead atoms. The number of carbonyl (C=O) groups is 1. The maximum Gasteiger partial charge on any atom is 0.435 e. The van der Waals surface area contributed by atoms with Crippen molar-refractivity contribution in [3.8, 4) is 11.4 Å². The third-order valence-corrected chi connectivity index (χ3v) is 2.68. The molecule has 0 unspecified atom stereocenters. The molecule has 20 heavy (non-hydrogen) atoms. The van der Waals surface area contributed by atoms with Crippen LogP contribution in [0.15, 0.2) is 18.2 Å². The lowest BCUT2D eigenvalue weighted by Crippen LogP contribution is -2.16. The van der Waals surface area contributed by atoms with Crippen LogP contribution in [-0.4, -0.2) is 28.4 Å². The van der Waals surface area contributed by atoms with Gasteiger partial charge >= 0.3 is 6.18 Å². The molecule has 0 saturated carbocycles. The van der Waals surface area contributed by atoms with Gasteiger partial charge in [0.25, 0.3) is 0 Å². The fourth-order valence-corrected chi connectivity index (χ4v) is 1.80. The molecule has 1 aromatic heterocycles. The van der Waals surface area contributed by atoms with Crippen molar-refractivity contribution in [2.45, 2.75) is 6.18 Å². The Morgan fingerprint density at radius 2 is 2.10 bits per heavy atom. The summed E-state index contributed by atoms with van der Waals surface area (Å²) < 4.78 is 44.5. The highest BCUT2D eigenvalue weighted by Crippen LogP contribution is 2.35. The number of carbonyl (C=O) groups excluding carboxylic acids is 1. The molecule has 9 heteroatoms. The van der Waals surface area contributed by atoms with Gasteiger partial charge in [0.15, 0.2) is 17.7 Å². The fourth-order valence-electron chi connectivity index (χ4n) is 1.64. The number of aromatic nitrogens is 3. The van der Waals surface area contributed by atoms with E-state index in [2.05, 4.69) is 10.3 Å². The maximum absolute atomic E-state index is 13.0. The van der Waals surface area contributed by atoms with Crippen molar-refractivity contribution in [1.29, 1.82) is 0 Å². The zero-order chi connectivity index (χ0) is 14.9. The number of nitrogens with zero attached hydrogens (tertiary/aromatic N) is 3. The molecule has 0 atom stereocenters. The van der Waals surface area contributed by atoms with Crippen LogP contribution >= 0.6 is 11.6 Å². The quantitative estimate of drug-likeness (QED) is 0.818. The van der Waals surface area contributed by atoms with E-state index in [9.17, 15) is 18.0 Å². The van der Waals surface area contributed by atoms with E-state index in [1.54, 1.807) is 0 Å². The van der Waals surface area contributed by atoms with E-state index in [4.69, 9.17) is 16.3 Å². The Morgan fingerprint density at radius 1 is 1.40 bits per heavy atom. The van der Waals surface area contributed by atoms with Crippen molar-refractivity contribution in [2.75, 3.05) is 7.11 Å². The minimum Gasteiger partial charge on any atom is -0.494 e. The molecule has 0 fully saturated rings. The first-order chi connectivity index (χ1) is 9.38. The lowest BCUT2D eigenvalue weighted by atomic mass is 10.2. The van der Waals surface area contributed by atoms with Gasteiger partial charge in [-0.2, -0.15) is 13.2 Å². The minimum absolute atomic E-state index is 0.0106. The van der Waals surface area contributed by atoms with E-state index >= 15 is 0 Å². The van der Waals surface area contributed by atoms with E-state index in [1.165, 1.54) is 25.3 Å². The van der Waals surface area contributed by atoms with Gasteiger partial charge in [-0.05, 0) is 18.2 Å². The molecule has 2 rings (SSSR count). The number of rotatable bonds is 3. The Kier molecular flexibility index (Phi) is 3.67. The smallest absolute Gasteiger partial charge is 0.435 e. The van der Waals surface area contributed by atoms with E-state index in [0.717, 1.165) is 0 Å². The summed E-state index contributed by atoms with van der Waals surface area (Å²) >= 11 is 5.76. The van der Waals surface area contributed by atoms with Gasteiger partial charge in [-0.1, -0.05) is 16.8 Å². The molecule has 1 heterocycles. The number of hydrogen-bond acceptors (Lipinski definition) is 4. The van der Waals surface area contributed by atoms with Gasteiger partial charge in [0, 0.05) is 5.02 Å². The molecule has 2 aromatic rings. The Bertz CT molecular complexity index is 655. The van der Waals surface area contributed by atoms with Crippen molar-refractivity contribution in [2.24, 2.45) is 0 Å². The second kappa shape index (κ2) is 5.12. The second-order valence-electron chi connectivity index (χ2n) is 3.67. The Hall–Kier alpha value is -2.09. The van der Waals surface area contributed by atoms with Gasteiger partial charge in [-0.15, -0.1) is 5.10 Å². The van der Waals surface area contributed by atoms with Gasteiger partial charge in [0.1, 0.15) is 11.4 Å². The minimum atomic E-state index is -4.80. The van der Waals surface area contributed by atoms with E-state index in [-0.39, 0.29) is 22.7 Å². The predicted octanol–water partition coefficient (Wildman–Crippen LogP) is 2.76. The van der Waals surface area contributed by atoms with Crippen LogP contribution in [0.3, 0.4) is 0 Å². The number of benzene rings is 1. The second-order valence-corrected chi connectivity index (χ2v) is 4.10. The molecule has 0 aliphatic carbocycles. The van der Waals surface area contributed by atoms with Crippen molar-refractivity contribution < 1.29 is 22.7 Å². The van der Waals surface area contributed by atoms with Gasteiger partial charge in [-0.25, -0.2) is 4.68 Å². The van der Waals surface area contributed by atoms with Crippen LogP contribution in [-0.2, 0) is 6.18 Å². The molecule has 0 aliphatic rings. The normalized spacial score (nSPS) is 11.4. The molecule has 5 nitrogen and oxygen atoms in total. The Labute approximate surface area is 115 Å². The third-order valence-electron chi connectivity index (χ3n) is 2.45. The number of methoxy groups -OCH3 is 1. The van der Waals surface area contributed by atoms with Crippen molar-refractivity contribution in [3.05, 3.63) is 34.6 Å². The summed E-state index contributed by atoms with van der Waals surface area (Å²) in [5, 5.41) is 6.75. The Morgan fingerprint density at radius 3 is 2.65 bits per heavy atom. The largest absolute Gasteiger partial charge is 0.494 e. The van der Waals surface area contributed by atoms with Crippen LogP contribution in [0.25, 0.3) is 5.69 Å². The van der Waals surface area contributed by atoms with Gasteiger partial charge < -0.3 is 4.74 Å². The van der Waals surface area contributed by atoms with Crippen LogP contribution in [0.4, 0.5) is 13.2 Å². The standard InChI is InChI=1S/C11H7ClF3N3O2/c1-20-9-3-2-6(12)4-8(9)18-10(11(13,14)15)7(5-19)16-17-18/h2-5H,1H3. The molecule has 0 N–H and O–H groups in total. The van der Waals surface area contributed by atoms with E-state index < -0.39 is 17.6 Å². The van der Waals surface area contributed by atoms with Crippen LogP contribution in [0.1, 0.15) is 16.2 Å². The zero-order valence-electron chi connectivity index (χ0n) is 9.98. The Balaban J connectivity index is 2.74. The molecular weight excluding hydrogens is 299 g/mol. The molecule has 0 radical (unpaired) electrons. The first-order valence-electron chi connectivity index (χ1n) is 5.20. The summed E-state index contributed by atoms with van der Waals surface area (Å²) in [6.45, 7) is 0. The van der Waals surface area contributed by atoms with Crippen LogP contribution in [0.2, 0.25) is 5.02 Å². The summed E-state index contributed by atoms with van der Waals surface area (Å²) in [7, 11) is 1.29. The molecule has 106 valence electrons. The maximum atomic E-state index is 13.0. The summed E-state index contributed by atoms with van der Waals surface area (Å²) in [5.74, 6) is 0.113. The highest BCUT2D eigenvalue weighted by molar-refractivity contribution is 6.30. The lowest BCUT2D eigenvalue weighted by molar-refractivity contribution is -0.143. The molecule has 0 spiro atoms. The van der Waals surface area contributed by atoms with E-state index in [0.29, 0.717) is 4.68 Å². The van der Waals surface area contributed by atoms with Crippen molar-refractivity contribution in [1.82, 2.24) is 15.0 Å².